The van der Waals surface area contributed by atoms with E-state index in [2.05, 4.69) is 27.7 Å². The summed E-state index contributed by atoms with van der Waals surface area (Å²) in [5.74, 6) is 3.88. The predicted octanol–water partition coefficient (Wildman–Crippen LogP) is 6.06. The first-order valence-electron chi connectivity index (χ1n) is 8.13. The monoisotopic (exact) mass is 238 g/mol. The molecule has 0 radical (unpaired) electrons. The average molecular weight is 238 g/mol. The van der Waals surface area contributed by atoms with E-state index in [9.17, 15) is 0 Å². The van der Waals surface area contributed by atoms with E-state index in [-0.39, 0.29) is 0 Å². The third kappa shape index (κ3) is 5.93. The first-order valence-corrected chi connectivity index (χ1v) is 8.13. The highest BCUT2D eigenvalue weighted by molar-refractivity contribution is 4.75. The Bertz CT molecular complexity index is 174. The summed E-state index contributed by atoms with van der Waals surface area (Å²) < 4.78 is 0. The zero-order valence-corrected chi connectivity index (χ0v) is 12.7. The normalized spacial score (nSPS) is 22.4. The first kappa shape index (κ1) is 15.1. The van der Waals surface area contributed by atoms with Gasteiger partial charge in [-0.2, -0.15) is 0 Å². The SMILES string of the molecule is CCC(C)CC(CC(C)C)C1CCCCCC1. The van der Waals surface area contributed by atoms with Gasteiger partial charge in [-0.15, -0.1) is 0 Å². The lowest BCUT2D eigenvalue weighted by Crippen LogP contribution is -2.19. The second-order valence-electron chi connectivity index (χ2n) is 6.89. The maximum atomic E-state index is 2.45. The van der Waals surface area contributed by atoms with Gasteiger partial charge < -0.3 is 0 Å². The molecule has 0 saturated heterocycles. The van der Waals surface area contributed by atoms with Crippen LogP contribution in [0.1, 0.15) is 85.5 Å². The molecule has 0 heterocycles. The Labute approximate surface area is 110 Å². The summed E-state index contributed by atoms with van der Waals surface area (Å²) in [6, 6.07) is 0. The molecule has 0 N–H and O–H groups in total. The summed E-state index contributed by atoms with van der Waals surface area (Å²) >= 11 is 0. The van der Waals surface area contributed by atoms with Crippen LogP contribution >= 0.6 is 0 Å². The highest BCUT2D eigenvalue weighted by Crippen LogP contribution is 2.36. The van der Waals surface area contributed by atoms with Gasteiger partial charge >= 0.3 is 0 Å². The van der Waals surface area contributed by atoms with Gasteiger partial charge in [-0.3, -0.25) is 0 Å². The number of hydrogen-bond donors (Lipinski definition) is 0. The van der Waals surface area contributed by atoms with Crippen molar-refractivity contribution < 1.29 is 0 Å². The smallest absolute Gasteiger partial charge is 0.0381 e. The fourth-order valence-electron chi connectivity index (χ4n) is 3.55. The zero-order valence-electron chi connectivity index (χ0n) is 12.7. The quantitative estimate of drug-likeness (QED) is 0.494. The average Bonchev–Trinajstić information content (AvgIpc) is 2.55. The molecule has 1 fully saturated rings. The van der Waals surface area contributed by atoms with E-state index in [1.54, 1.807) is 0 Å². The van der Waals surface area contributed by atoms with E-state index in [1.165, 1.54) is 57.8 Å². The van der Waals surface area contributed by atoms with E-state index >= 15 is 0 Å². The molecule has 17 heavy (non-hydrogen) atoms. The van der Waals surface area contributed by atoms with Crippen molar-refractivity contribution in [3.05, 3.63) is 0 Å². The fraction of sp³-hybridized carbons (Fsp3) is 1.00. The Morgan fingerprint density at radius 3 is 1.94 bits per heavy atom. The summed E-state index contributed by atoms with van der Waals surface area (Å²) in [5, 5.41) is 0. The van der Waals surface area contributed by atoms with Crippen molar-refractivity contribution in [1.82, 2.24) is 0 Å². The summed E-state index contributed by atoms with van der Waals surface area (Å²) in [7, 11) is 0. The van der Waals surface area contributed by atoms with E-state index < -0.39 is 0 Å². The molecule has 0 amide bonds. The van der Waals surface area contributed by atoms with Crippen molar-refractivity contribution in [3.63, 3.8) is 0 Å². The van der Waals surface area contributed by atoms with Crippen LogP contribution in [0.3, 0.4) is 0 Å². The molecule has 1 aliphatic rings. The molecule has 102 valence electrons. The molecular weight excluding hydrogens is 204 g/mol. The molecule has 0 aromatic carbocycles. The molecule has 0 nitrogen and oxygen atoms in total. The van der Waals surface area contributed by atoms with Crippen molar-refractivity contribution in [2.75, 3.05) is 0 Å². The largest absolute Gasteiger partial charge is 0.0651 e. The van der Waals surface area contributed by atoms with Crippen molar-refractivity contribution in [2.24, 2.45) is 23.7 Å². The Hall–Kier alpha value is 0. The molecule has 2 atom stereocenters. The lowest BCUT2D eigenvalue weighted by molar-refractivity contribution is 0.212. The van der Waals surface area contributed by atoms with Gasteiger partial charge in [0.15, 0.2) is 0 Å². The van der Waals surface area contributed by atoms with Crippen LogP contribution in [0.5, 0.6) is 0 Å². The molecule has 0 aliphatic heterocycles. The molecule has 0 spiro atoms. The third-order valence-electron chi connectivity index (χ3n) is 4.74. The van der Waals surface area contributed by atoms with Gasteiger partial charge in [0.2, 0.25) is 0 Å². The molecule has 0 heteroatoms. The number of rotatable bonds is 6. The minimum absolute atomic E-state index is 0.882. The molecule has 1 rings (SSSR count). The van der Waals surface area contributed by atoms with E-state index in [4.69, 9.17) is 0 Å². The van der Waals surface area contributed by atoms with E-state index in [0.29, 0.717) is 0 Å². The van der Waals surface area contributed by atoms with Gasteiger partial charge in [-0.1, -0.05) is 72.6 Å². The van der Waals surface area contributed by atoms with Crippen LogP contribution in [0.4, 0.5) is 0 Å². The van der Waals surface area contributed by atoms with Crippen LogP contribution in [0.15, 0.2) is 0 Å². The molecule has 0 aromatic rings. The Balaban J connectivity index is 2.52. The molecule has 1 saturated carbocycles. The molecule has 0 aromatic heterocycles. The molecular formula is C17H34. The van der Waals surface area contributed by atoms with Crippen LogP contribution in [-0.4, -0.2) is 0 Å². The van der Waals surface area contributed by atoms with E-state index in [1.807, 2.05) is 0 Å². The Kier molecular flexibility index (Phi) is 7.23. The highest BCUT2D eigenvalue weighted by atomic mass is 14.3. The zero-order chi connectivity index (χ0) is 12.7. The van der Waals surface area contributed by atoms with Crippen LogP contribution < -0.4 is 0 Å². The van der Waals surface area contributed by atoms with Crippen LogP contribution in [0.2, 0.25) is 0 Å². The lowest BCUT2D eigenvalue weighted by atomic mass is 9.76. The van der Waals surface area contributed by atoms with Crippen molar-refractivity contribution in [2.45, 2.75) is 85.5 Å². The topological polar surface area (TPSA) is 0 Å². The van der Waals surface area contributed by atoms with Gasteiger partial charge in [0, 0.05) is 0 Å². The van der Waals surface area contributed by atoms with Gasteiger partial charge in [-0.25, -0.2) is 0 Å². The van der Waals surface area contributed by atoms with Crippen molar-refractivity contribution in [1.29, 1.82) is 0 Å². The minimum Gasteiger partial charge on any atom is -0.0651 e. The lowest BCUT2D eigenvalue weighted by Gasteiger charge is -2.30. The van der Waals surface area contributed by atoms with Crippen molar-refractivity contribution in [3.8, 4) is 0 Å². The summed E-state index contributed by atoms with van der Waals surface area (Å²) in [6.45, 7) is 9.61. The summed E-state index contributed by atoms with van der Waals surface area (Å²) in [6.07, 6.45) is 13.3. The summed E-state index contributed by atoms with van der Waals surface area (Å²) in [4.78, 5) is 0. The highest BCUT2D eigenvalue weighted by Gasteiger charge is 2.24. The summed E-state index contributed by atoms with van der Waals surface area (Å²) in [5.41, 5.74) is 0. The second kappa shape index (κ2) is 8.16. The maximum absolute atomic E-state index is 2.45. The molecule has 1 aliphatic carbocycles. The second-order valence-corrected chi connectivity index (χ2v) is 6.89. The Morgan fingerprint density at radius 1 is 0.882 bits per heavy atom. The van der Waals surface area contributed by atoms with Gasteiger partial charge in [-0.05, 0) is 36.5 Å². The molecule has 0 bridgehead atoms. The predicted molar refractivity (Wildman–Crippen MR) is 78.2 cm³/mol. The first-order chi connectivity index (χ1) is 8.13. The van der Waals surface area contributed by atoms with Gasteiger partial charge in [0.1, 0.15) is 0 Å². The van der Waals surface area contributed by atoms with Crippen LogP contribution in [0, 0.1) is 23.7 Å². The minimum atomic E-state index is 0.882. The van der Waals surface area contributed by atoms with Gasteiger partial charge in [0.25, 0.3) is 0 Å². The van der Waals surface area contributed by atoms with Crippen LogP contribution in [-0.2, 0) is 0 Å². The van der Waals surface area contributed by atoms with Crippen LogP contribution in [0.25, 0.3) is 0 Å². The Morgan fingerprint density at radius 2 is 1.47 bits per heavy atom. The van der Waals surface area contributed by atoms with Gasteiger partial charge in [0.05, 0.1) is 0 Å². The number of hydrogen-bond acceptors (Lipinski definition) is 0. The fourth-order valence-corrected chi connectivity index (χ4v) is 3.55. The standard InChI is InChI=1S/C17H34/c1-5-15(4)13-17(12-14(2)3)16-10-8-6-7-9-11-16/h14-17H,5-13H2,1-4H3. The maximum Gasteiger partial charge on any atom is -0.0381 e. The third-order valence-corrected chi connectivity index (χ3v) is 4.74. The van der Waals surface area contributed by atoms with E-state index in [0.717, 1.165) is 23.7 Å². The van der Waals surface area contributed by atoms with Crippen molar-refractivity contribution >= 4 is 0 Å². The molecule has 2 unspecified atom stereocenters.